The molecule has 1 aromatic carbocycles. The highest BCUT2D eigenvalue weighted by molar-refractivity contribution is 6.37. The molecular formula is C23H25N3O6. The molecular weight excluding hydrogens is 414 g/mol. The maximum Gasteiger partial charge on any atom is 0.397 e. The van der Waals surface area contributed by atoms with Crippen molar-refractivity contribution in [2.45, 2.75) is 26.4 Å². The number of likely N-dealkylation sites (N-methyl/N-ethyl adjacent to an activating group) is 1. The van der Waals surface area contributed by atoms with Gasteiger partial charge in [-0.3, -0.25) is 14.1 Å². The largest absolute Gasteiger partial charge is 0.486 e. The van der Waals surface area contributed by atoms with Crippen LogP contribution in [-0.4, -0.2) is 54.2 Å². The molecule has 1 atom stereocenters. The van der Waals surface area contributed by atoms with E-state index in [0.717, 1.165) is 0 Å². The Labute approximate surface area is 185 Å². The van der Waals surface area contributed by atoms with E-state index in [-0.39, 0.29) is 19.3 Å². The van der Waals surface area contributed by atoms with Crippen molar-refractivity contribution >= 4 is 23.3 Å². The predicted octanol–water partition coefficient (Wildman–Crippen LogP) is 2.64. The van der Waals surface area contributed by atoms with Crippen molar-refractivity contribution in [3.8, 4) is 17.2 Å². The van der Waals surface area contributed by atoms with Crippen molar-refractivity contribution in [3.63, 3.8) is 0 Å². The number of carbonyl (C=O) groups excluding carboxylic acids is 2. The molecule has 0 saturated carbocycles. The highest BCUT2D eigenvalue weighted by Gasteiger charge is 2.27. The van der Waals surface area contributed by atoms with Gasteiger partial charge in [-0.25, -0.2) is 9.78 Å². The zero-order valence-corrected chi connectivity index (χ0v) is 18.2. The standard InChI is InChI=1S/C23H25N3O6/c1-4-16-21(25(3)22(27)23(28)29-5-2)26-12-8-11-19(20(26)24-16)31-14-15-13-30-17-9-6-7-10-18(17)32-15/h6-12,15H,4-5,13-14H2,1-3H3. The number of anilines is 1. The summed E-state index contributed by atoms with van der Waals surface area (Å²) in [6.07, 6.45) is 2.06. The summed E-state index contributed by atoms with van der Waals surface area (Å²) in [5, 5.41) is 0. The van der Waals surface area contributed by atoms with Gasteiger partial charge in [0, 0.05) is 13.2 Å². The fourth-order valence-electron chi connectivity index (χ4n) is 3.54. The quantitative estimate of drug-likeness (QED) is 0.431. The number of ether oxygens (including phenoxy) is 4. The van der Waals surface area contributed by atoms with Crippen LogP contribution in [0.5, 0.6) is 17.2 Å². The van der Waals surface area contributed by atoms with Gasteiger partial charge in [-0.15, -0.1) is 0 Å². The fourth-order valence-corrected chi connectivity index (χ4v) is 3.54. The van der Waals surface area contributed by atoms with Gasteiger partial charge in [0.15, 0.2) is 29.0 Å². The van der Waals surface area contributed by atoms with Crippen molar-refractivity contribution in [3.05, 3.63) is 48.3 Å². The molecule has 9 nitrogen and oxygen atoms in total. The lowest BCUT2D eigenvalue weighted by Gasteiger charge is -2.26. The zero-order chi connectivity index (χ0) is 22.7. The van der Waals surface area contributed by atoms with E-state index in [1.54, 1.807) is 29.7 Å². The predicted molar refractivity (Wildman–Crippen MR) is 116 cm³/mol. The number of fused-ring (bicyclic) bond motifs is 2. The van der Waals surface area contributed by atoms with Crippen LogP contribution in [0.25, 0.3) is 5.65 Å². The number of hydrogen-bond acceptors (Lipinski definition) is 7. The second-order valence-corrected chi connectivity index (χ2v) is 7.19. The SMILES string of the molecule is CCOC(=O)C(=O)N(C)c1c(CC)nc2c(OCC3COc4ccccc4O3)cccn12. The summed E-state index contributed by atoms with van der Waals surface area (Å²) in [5.74, 6) is 0.756. The number of hydrogen-bond donors (Lipinski definition) is 0. The highest BCUT2D eigenvalue weighted by atomic mass is 16.6. The molecule has 1 aliphatic heterocycles. The van der Waals surface area contributed by atoms with Crippen LogP contribution in [-0.2, 0) is 20.7 Å². The Morgan fingerprint density at radius 1 is 1.19 bits per heavy atom. The number of aryl methyl sites for hydroxylation is 1. The molecule has 1 unspecified atom stereocenters. The minimum absolute atomic E-state index is 0.127. The van der Waals surface area contributed by atoms with Crippen LogP contribution < -0.4 is 19.1 Å². The number of carbonyl (C=O) groups is 2. The van der Waals surface area contributed by atoms with E-state index in [1.165, 1.54) is 11.9 Å². The Morgan fingerprint density at radius 2 is 1.97 bits per heavy atom. The number of aromatic nitrogens is 2. The summed E-state index contributed by atoms with van der Waals surface area (Å²) in [7, 11) is 1.53. The number of rotatable bonds is 6. The molecule has 2 aromatic heterocycles. The average Bonchev–Trinajstić information content (AvgIpc) is 3.21. The molecule has 3 heterocycles. The molecule has 32 heavy (non-hydrogen) atoms. The van der Waals surface area contributed by atoms with Crippen LogP contribution in [0, 0.1) is 0 Å². The number of imidazole rings is 1. The maximum atomic E-state index is 12.5. The lowest BCUT2D eigenvalue weighted by atomic mass is 10.2. The first-order chi connectivity index (χ1) is 15.5. The molecule has 0 radical (unpaired) electrons. The van der Waals surface area contributed by atoms with Crippen LogP contribution in [0.1, 0.15) is 19.5 Å². The van der Waals surface area contributed by atoms with E-state index in [9.17, 15) is 9.59 Å². The monoisotopic (exact) mass is 439 g/mol. The average molecular weight is 439 g/mol. The normalized spacial score (nSPS) is 14.8. The summed E-state index contributed by atoms with van der Waals surface area (Å²) in [6.45, 7) is 4.34. The third-order valence-corrected chi connectivity index (χ3v) is 5.06. The number of amides is 1. The third-order valence-electron chi connectivity index (χ3n) is 5.06. The molecule has 4 rings (SSSR count). The van der Waals surface area contributed by atoms with Crippen molar-refractivity contribution in [1.82, 2.24) is 9.38 Å². The Hall–Kier alpha value is -3.75. The minimum atomic E-state index is -0.908. The summed E-state index contributed by atoms with van der Waals surface area (Å²) in [4.78, 5) is 30.4. The van der Waals surface area contributed by atoms with Crippen LogP contribution in [0.15, 0.2) is 42.6 Å². The second-order valence-electron chi connectivity index (χ2n) is 7.19. The van der Waals surface area contributed by atoms with E-state index in [4.69, 9.17) is 18.9 Å². The van der Waals surface area contributed by atoms with Gasteiger partial charge >= 0.3 is 11.9 Å². The van der Waals surface area contributed by atoms with Crippen LogP contribution in [0.4, 0.5) is 5.82 Å². The lowest BCUT2D eigenvalue weighted by Crippen LogP contribution is -2.35. The molecule has 1 aliphatic rings. The van der Waals surface area contributed by atoms with Gasteiger partial charge in [-0.1, -0.05) is 19.1 Å². The molecule has 0 aliphatic carbocycles. The minimum Gasteiger partial charge on any atom is -0.486 e. The number of benzene rings is 1. The van der Waals surface area contributed by atoms with Crippen molar-refractivity contribution in [1.29, 1.82) is 0 Å². The Bertz CT molecular complexity index is 1140. The Balaban J connectivity index is 1.56. The number of nitrogens with zero attached hydrogens (tertiary/aromatic N) is 3. The van der Waals surface area contributed by atoms with E-state index in [0.29, 0.717) is 47.4 Å². The molecule has 0 saturated heterocycles. The highest BCUT2D eigenvalue weighted by Crippen LogP contribution is 2.32. The number of para-hydroxylation sites is 2. The van der Waals surface area contributed by atoms with E-state index in [2.05, 4.69) is 4.98 Å². The molecule has 3 aromatic rings. The van der Waals surface area contributed by atoms with Gasteiger partial charge in [-0.2, -0.15) is 0 Å². The topological polar surface area (TPSA) is 91.6 Å². The summed E-state index contributed by atoms with van der Waals surface area (Å²) < 4.78 is 24.3. The lowest BCUT2D eigenvalue weighted by molar-refractivity contribution is -0.153. The fraction of sp³-hybridized carbons (Fsp3) is 0.348. The van der Waals surface area contributed by atoms with Crippen molar-refractivity contribution < 1.29 is 28.5 Å². The number of esters is 1. The van der Waals surface area contributed by atoms with E-state index < -0.39 is 11.9 Å². The van der Waals surface area contributed by atoms with Gasteiger partial charge in [0.05, 0.1) is 12.3 Å². The molecule has 0 spiro atoms. The van der Waals surface area contributed by atoms with Gasteiger partial charge in [-0.05, 0) is 37.6 Å². The van der Waals surface area contributed by atoms with Gasteiger partial charge < -0.3 is 18.9 Å². The van der Waals surface area contributed by atoms with Crippen LogP contribution >= 0.6 is 0 Å². The first kappa shape index (κ1) is 21.5. The summed E-state index contributed by atoms with van der Waals surface area (Å²) in [6, 6.07) is 11.1. The second kappa shape index (κ2) is 9.17. The maximum absolute atomic E-state index is 12.5. The van der Waals surface area contributed by atoms with E-state index >= 15 is 0 Å². The Kier molecular flexibility index (Phi) is 6.16. The molecule has 9 heteroatoms. The smallest absolute Gasteiger partial charge is 0.397 e. The molecule has 0 fully saturated rings. The van der Waals surface area contributed by atoms with Crippen LogP contribution in [0.2, 0.25) is 0 Å². The van der Waals surface area contributed by atoms with Gasteiger partial charge in [0.25, 0.3) is 0 Å². The molecule has 0 N–H and O–H groups in total. The zero-order valence-electron chi connectivity index (χ0n) is 18.2. The van der Waals surface area contributed by atoms with Gasteiger partial charge in [0.1, 0.15) is 19.0 Å². The summed E-state index contributed by atoms with van der Waals surface area (Å²) in [5.41, 5.74) is 1.20. The van der Waals surface area contributed by atoms with Crippen molar-refractivity contribution in [2.75, 3.05) is 31.8 Å². The van der Waals surface area contributed by atoms with Crippen LogP contribution in [0.3, 0.4) is 0 Å². The summed E-state index contributed by atoms with van der Waals surface area (Å²) >= 11 is 0. The van der Waals surface area contributed by atoms with Crippen molar-refractivity contribution in [2.24, 2.45) is 0 Å². The third kappa shape index (κ3) is 4.05. The Morgan fingerprint density at radius 3 is 2.72 bits per heavy atom. The molecule has 0 bridgehead atoms. The molecule has 168 valence electrons. The number of pyridine rings is 1. The molecule has 1 amide bonds. The van der Waals surface area contributed by atoms with Gasteiger partial charge in [0.2, 0.25) is 0 Å². The van der Waals surface area contributed by atoms with E-state index in [1.807, 2.05) is 31.2 Å². The first-order valence-corrected chi connectivity index (χ1v) is 10.5. The first-order valence-electron chi connectivity index (χ1n) is 10.5.